The third-order valence-corrected chi connectivity index (χ3v) is 1.89. The largest absolute Gasteiger partial charge is 0.290 e. The van der Waals surface area contributed by atoms with Gasteiger partial charge >= 0.3 is 0 Å². The molecule has 0 amide bonds. The van der Waals surface area contributed by atoms with E-state index in [1.807, 2.05) is 29.8 Å². The van der Waals surface area contributed by atoms with Gasteiger partial charge in [0.1, 0.15) is 17.3 Å². The molecule has 0 atom stereocenters. The summed E-state index contributed by atoms with van der Waals surface area (Å²) in [6.07, 6.45) is 3.62. The molecular weight excluding hydrogens is 186 g/mol. The Labute approximate surface area is 81.0 Å². The number of halogens is 1. The van der Waals surface area contributed by atoms with Gasteiger partial charge in [0.05, 0.1) is 5.69 Å². The molecule has 2 rings (SSSR count). The minimum atomic E-state index is 0.490. The van der Waals surface area contributed by atoms with Gasteiger partial charge in [0.15, 0.2) is 0 Å². The summed E-state index contributed by atoms with van der Waals surface area (Å²) in [5.41, 5.74) is 0.960. The lowest BCUT2D eigenvalue weighted by atomic mass is 10.4. The lowest BCUT2D eigenvalue weighted by molar-refractivity contribution is 0.993. The van der Waals surface area contributed by atoms with Crippen LogP contribution in [-0.2, 0) is 0 Å². The molecule has 0 N–H and O–H groups in total. The van der Waals surface area contributed by atoms with E-state index in [0.717, 1.165) is 11.5 Å². The maximum atomic E-state index is 5.76. The highest BCUT2D eigenvalue weighted by Crippen LogP contribution is 2.09. The van der Waals surface area contributed by atoms with Crippen LogP contribution in [0.2, 0.25) is 5.15 Å². The Hall–Kier alpha value is -1.35. The third kappa shape index (κ3) is 1.70. The van der Waals surface area contributed by atoms with Crippen LogP contribution >= 0.6 is 11.6 Å². The fraction of sp³-hybridized carbons (Fsp3) is 0.111. The second-order valence-corrected chi connectivity index (χ2v) is 3.13. The average molecular weight is 194 g/mol. The SMILES string of the molecule is Cc1cn(-c2cccc(Cl)n2)cn1. The van der Waals surface area contributed by atoms with Gasteiger partial charge in [-0.2, -0.15) is 0 Å². The molecule has 13 heavy (non-hydrogen) atoms. The molecule has 0 saturated carbocycles. The van der Waals surface area contributed by atoms with Gasteiger partial charge in [0.25, 0.3) is 0 Å². The second kappa shape index (κ2) is 3.18. The highest BCUT2D eigenvalue weighted by Gasteiger charge is 1.98. The molecular formula is C9H8ClN3. The normalized spacial score (nSPS) is 10.3. The highest BCUT2D eigenvalue weighted by molar-refractivity contribution is 6.29. The molecule has 2 heterocycles. The summed E-state index contributed by atoms with van der Waals surface area (Å²) in [6.45, 7) is 1.93. The molecule has 2 aromatic heterocycles. The minimum absolute atomic E-state index is 0.490. The number of hydrogen-bond donors (Lipinski definition) is 0. The Balaban J connectivity index is 2.46. The van der Waals surface area contributed by atoms with Gasteiger partial charge in [-0.1, -0.05) is 17.7 Å². The van der Waals surface area contributed by atoms with Crippen molar-refractivity contribution in [3.8, 4) is 5.82 Å². The van der Waals surface area contributed by atoms with E-state index in [-0.39, 0.29) is 0 Å². The van der Waals surface area contributed by atoms with E-state index in [1.54, 1.807) is 12.4 Å². The van der Waals surface area contributed by atoms with Gasteiger partial charge in [-0.05, 0) is 19.1 Å². The fourth-order valence-corrected chi connectivity index (χ4v) is 1.25. The van der Waals surface area contributed by atoms with Crippen molar-refractivity contribution in [1.29, 1.82) is 0 Å². The summed E-state index contributed by atoms with van der Waals surface area (Å²) in [5.74, 6) is 0.785. The van der Waals surface area contributed by atoms with Crippen LogP contribution in [0.3, 0.4) is 0 Å². The third-order valence-electron chi connectivity index (χ3n) is 1.68. The Morgan fingerprint density at radius 1 is 1.38 bits per heavy atom. The topological polar surface area (TPSA) is 30.7 Å². The molecule has 0 saturated heterocycles. The van der Waals surface area contributed by atoms with Crippen LogP contribution in [-0.4, -0.2) is 14.5 Å². The molecule has 66 valence electrons. The van der Waals surface area contributed by atoms with Crippen molar-refractivity contribution < 1.29 is 0 Å². The first kappa shape index (κ1) is 8.26. The number of hydrogen-bond acceptors (Lipinski definition) is 2. The quantitative estimate of drug-likeness (QED) is 0.651. The van der Waals surface area contributed by atoms with Crippen LogP contribution in [0.1, 0.15) is 5.69 Å². The van der Waals surface area contributed by atoms with E-state index in [2.05, 4.69) is 9.97 Å². The standard InChI is InChI=1S/C9H8ClN3/c1-7-5-13(6-11-7)9-4-2-3-8(10)12-9/h2-6H,1H3. The smallest absolute Gasteiger partial charge is 0.139 e. The second-order valence-electron chi connectivity index (χ2n) is 2.74. The van der Waals surface area contributed by atoms with Gasteiger partial charge in [0.2, 0.25) is 0 Å². The zero-order chi connectivity index (χ0) is 9.26. The maximum absolute atomic E-state index is 5.76. The van der Waals surface area contributed by atoms with Gasteiger partial charge in [0, 0.05) is 6.20 Å². The zero-order valence-corrected chi connectivity index (χ0v) is 7.86. The number of aryl methyl sites for hydroxylation is 1. The fourth-order valence-electron chi connectivity index (χ4n) is 1.09. The van der Waals surface area contributed by atoms with Crippen molar-refractivity contribution in [1.82, 2.24) is 14.5 Å². The van der Waals surface area contributed by atoms with Crippen LogP contribution in [0.25, 0.3) is 5.82 Å². The molecule has 4 heteroatoms. The summed E-state index contributed by atoms with van der Waals surface area (Å²) in [5, 5.41) is 0.490. The van der Waals surface area contributed by atoms with Crippen molar-refractivity contribution in [3.63, 3.8) is 0 Å². The van der Waals surface area contributed by atoms with E-state index in [0.29, 0.717) is 5.15 Å². The van der Waals surface area contributed by atoms with E-state index in [4.69, 9.17) is 11.6 Å². The van der Waals surface area contributed by atoms with Crippen molar-refractivity contribution in [2.45, 2.75) is 6.92 Å². The molecule has 0 unspecified atom stereocenters. The van der Waals surface area contributed by atoms with E-state index < -0.39 is 0 Å². The minimum Gasteiger partial charge on any atom is -0.290 e. The van der Waals surface area contributed by atoms with E-state index >= 15 is 0 Å². The molecule has 0 spiro atoms. The van der Waals surface area contributed by atoms with Crippen LogP contribution in [0.4, 0.5) is 0 Å². The Kier molecular flexibility index (Phi) is 2.02. The van der Waals surface area contributed by atoms with Crippen molar-refractivity contribution >= 4 is 11.6 Å². The van der Waals surface area contributed by atoms with E-state index in [9.17, 15) is 0 Å². The average Bonchev–Trinajstić information content (AvgIpc) is 2.52. The lowest BCUT2D eigenvalue weighted by Gasteiger charge is -1.99. The van der Waals surface area contributed by atoms with Crippen LogP contribution in [0.5, 0.6) is 0 Å². The Morgan fingerprint density at radius 2 is 2.23 bits per heavy atom. The summed E-state index contributed by atoms with van der Waals surface area (Å²) < 4.78 is 1.83. The van der Waals surface area contributed by atoms with Crippen molar-refractivity contribution in [3.05, 3.63) is 41.6 Å². The molecule has 0 radical (unpaired) electrons. The number of imidazole rings is 1. The molecule has 0 aliphatic heterocycles. The van der Waals surface area contributed by atoms with E-state index in [1.165, 1.54) is 0 Å². The first-order valence-corrected chi connectivity index (χ1v) is 4.27. The van der Waals surface area contributed by atoms with Gasteiger partial charge in [-0.3, -0.25) is 4.57 Å². The maximum Gasteiger partial charge on any atom is 0.139 e. The van der Waals surface area contributed by atoms with Gasteiger partial charge in [-0.15, -0.1) is 0 Å². The molecule has 0 fully saturated rings. The Morgan fingerprint density at radius 3 is 2.85 bits per heavy atom. The van der Waals surface area contributed by atoms with Crippen LogP contribution in [0.15, 0.2) is 30.7 Å². The first-order chi connectivity index (χ1) is 6.25. The molecule has 0 aliphatic rings. The van der Waals surface area contributed by atoms with Gasteiger partial charge < -0.3 is 0 Å². The van der Waals surface area contributed by atoms with Crippen LogP contribution in [0, 0.1) is 6.92 Å². The van der Waals surface area contributed by atoms with Crippen molar-refractivity contribution in [2.75, 3.05) is 0 Å². The van der Waals surface area contributed by atoms with Gasteiger partial charge in [-0.25, -0.2) is 9.97 Å². The predicted octanol–water partition coefficient (Wildman–Crippen LogP) is 2.23. The first-order valence-electron chi connectivity index (χ1n) is 3.89. The predicted molar refractivity (Wildman–Crippen MR) is 51.1 cm³/mol. The molecule has 3 nitrogen and oxygen atoms in total. The molecule has 0 bridgehead atoms. The molecule has 0 aromatic carbocycles. The molecule has 0 aliphatic carbocycles. The van der Waals surface area contributed by atoms with Crippen molar-refractivity contribution in [2.24, 2.45) is 0 Å². The number of aromatic nitrogens is 3. The molecule has 2 aromatic rings. The zero-order valence-electron chi connectivity index (χ0n) is 7.11. The summed E-state index contributed by atoms with van der Waals surface area (Å²) >= 11 is 5.76. The van der Waals surface area contributed by atoms with Crippen LogP contribution < -0.4 is 0 Å². The summed E-state index contributed by atoms with van der Waals surface area (Å²) in [7, 11) is 0. The number of nitrogens with zero attached hydrogens (tertiary/aromatic N) is 3. The number of pyridine rings is 1. The monoisotopic (exact) mass is 193 g/mol. The number of rotatable bonds is 1. The summed E-state index contributed by atoms with van der Waals surface area (Å²) in [6, 6.07) is 5.49. The highest BCUT2D eigenvalue weighted by atomic mass is 35.5. The lowest BCUT2D eigenvalue weighted by Crippen LogP contribution is -1.93. The summed E-state index contributed by atoms with van der Waals surface area (Å²) in [4.78, 5) is 8.25. The Bertz CT molecular complexity index is 422.